The first-order chi connectivity index (χ1) is 7.66. The van der Waals surface area contributed by atoms with Gasteiger partial charge in [0, 0.05) is 31.4 Å². The van der Waals surface area contributed by atoms with Crippen molar-refractivity contribution in [2.45, 2.75) is 31.8 Å². The van der Waals surface area contributed by atoms with E-state index in [4.69, 9.17) is 5.73 Å². The van der Waals surface area contributed by atoms with Crippen molar-refractivity contribution in [3.05, 3.63) is 29.8 Å². The number of nitrogens with zero attached hydrogens (tertiary/aromatic N) is 2. The molecule has 0 bridgehead atoms. The number of hydrogen-bond donors (Lipinski definition) is 1. The van der Waals surface area contributed by atoms with Gasteiger partial charge < -0.3 is 5.73 Å². The molecule has 0 saturated carbocycles. The molecule has 0 aromatic carbocycles. The largest absolute Gasteiger partial charge is 0.328 e. The summed E-state index contributed by atoms with van der Waals surface area (Å²) < 4.78 is 13.1. The van der Waals surface area contributed by atoms with Crippen LogP contribution in [0.4, 0.5) is 4.39 Å². The predicted molar refractivity (Wildman–Crippen MR) is 61.4 cm³/mol. The molecular formula is C12H18FN3. The fourth-order valence-corrected chi connectivity index (χ4v) is 2.17. The Balaban J connectivity index is 2.04. The van der Waals surface area contributed by atoms with Crippen LogP contribution >= 0.6 is 0 Å². The van der Waals surface area contributed by atoms with E-state index in [2.05, 4.69) is 16.8 Å². The second-order valence-corrected chi connectivity index (χ2v) is 4.49. The molecule has 0 amide bonds. The summed E-state index contributed by atoms with van der Waals surface area (Å²) in [5, 5.41) is 0. The first-order valence-electron chi connectivity index (χ1n) is 5.77. The zero-order chi connectivity index (χ0) is 11.5. The summed E-state index contributed by atoms with van der Waals surface area (Å²) in [5.41, 5.74) is 6.80. The third kappa shape index (κ3) is 2.57. The minimum Gasteiger partial charge on any atom is -0.328 e. The predicted octanol–water partition coefficient (Wildman–Crippen LogP) is 1.70. The lowest BCUT2D eigenvalue weighted by molar-refractivity contribution is 0.163. The van der Waals surface area contributed by atoms with Crippen molar-refractivity contribution < 1.29 is 4.39 Å². The fraction of sp³-hybridized carbons (Fsp3) is 0.583. The lowest BCUT2D eigenvalue weighted by Crippen LogP contribution is -2.40. The normalized spacial score (nSPS) is 20.9. The molecule has 1 atom stereocenters. The monoisotopic (exact) mass is 223 g/mol. The SMILES string of the molecule is CC(c1cncc(F)c1)N1CCC(N)CC1. The Labute approximate surface area is 95.5 Å². The van der Waals surface area contributed by atoms with Gasteiger partial charge in [-0.3, -0.25) is 9.88 Å². The molecule has 1 saturated heterocycles. The lowest BCUT2D eigenvalue weighted by atomic mass is 10.0. The van der Waals surface area contributed by atoms with E-state index < -0.39 is 0 Å². The van der Waals surface area contributed by atoms with Crippen LogP contribution in [0.3, 0.4) is 0 Å². The second kappa shape index (κ2) is 4.89. The molecule has 3 nitrogen and oxygen atoms in total. The number of pyridine rings is 1. The van der Waals surface area contributed by atoms with Gasteiger partial charge in [-0.15, -0.1) is 0 Å². The van der Waals surface area contributed by atoms with Gasteiger partial charge in [0.05, 0.1) is 6.20 Å². The number of likely N-dealkylation sites (tertiary alicyclic amines) is 1. The average molecular weight is 223 g/mol. The summed E-state index contributed by atoms with van der Waals surface area (Å²) in [5.74, 6) is -0.266. The number of rotatable bonds is 2. The molecule has 16 heavy (non-hydrogen) atoms. The van der Waals surface area contributed by atoms with Crippen LogP contribution in [0.2, 0.25) is 0 Å². The van der Waals surface area contributed by atoms with E-state index >= 15 is 0 Å². The van der Waals surface area contributed by atoms with Crippen LogP contribution in [0.1, 0.15) is 31.4 Å². The highest BCUT2D eigenvalue weighted by molar-refractivity contribution is 5.14. The van der Waals surface area contributed by atoms with Gasteiger partial charge in [-0.05, 0) is 31.4 Å². The van der Waals surface area contributed by atoms with Gasteiger partial charge in [0.25, 0.3) is 0 Å². The number of aromatic nitrogens is 1. The van der Waals surface area contributed by atoms with Crippen LogP contribution in [0.5, 0.6) is 0 Å². The van der Waals surface area contributed by atoms with E-state index in [1.807, 2.05) is 0 Å². The van der Waals surface area contributed by atoms with E-state index in [1.165, 1.54) is 6.20 Å². The summed E-state index contributed by atoms with van der Waals surface area (Å²) in [7, 11) is 0. The van der Waals surface area contributed by atoms with Crippen molar-refractivity contribution in [2.75, 3.05) is 13.1 Å². The van der Waals surface area contributed by atoms with Crippen molar-refractivity contribution in [1.29, 1.82) is 0 Å². The fourth-order valence-electron chi connectivity index (χ4n) is 2.17. The molecular weight excluding hydrogens is 205 g/mol. The van der Waals surface area contributed by atoms with E-state index in [0.717, 1.165) is 31.5 Å². The van der Waals surface area contributed by atoms with E-state index in [1.54, 1.807) is 12.3 Å². The van der Waals surface area contributed by atoms with Gasteiger partial charge in [0.1, 0.15) is 5.82 Å². The van der Waals surface area contributed by atoms with Crippen LogP contribution in [-0.4, -0.2) is 29.0 Å². The summed E-state index contributed by atoms with van der Waals surface area (Å²) in [6.45, 7) is 4.06. The molecule has 4 heteroatoms. The molecule has 1 unspecified atom stereocenters. The van der Waals surface area contributed by atoms with E-state index in [-0.39, 0.29) is 11.9 Å². The first-order valence-corrected chi connectivity index (χ1v) is 5.77. The molecule has 1 fully saturated rings. The van der Waals surface area contributed by atoms with Crippen LogP contribution < -0.4 is 5.73 Å². The second-order valence-electron chi connectivity index (χ2n) is 4.49. The molecule has 2 heterocycles. The maximum absolute atomic E-state index is 13.1. The quantitative estimate of drug-likeness (QED) is 0.830. The maximum atomic E-state index is 13.1. The molecule has 2 rings (SSSR count). The van der Waals surface area contributed by atoms with Crippen LogP contribution in [-0.2, 0) is 0 Å². The number of piperidine rings is 1. The number of hydrogen-bond acceptors (Lipinski definition) is 3. The average Bonchev–Trinajstić information content (AvgIpc) is 2.29. The van der Waals surface area contributed by atoms with Gasteiger partial charge >= 0.3 is 0 Å². The highest BCUT2D eigenvalue weighted by Crippen LogP contribution is 2.23. The maximum Gasteiger partial charge on any atom is 0.141 e. The van der Waals surface area contributed by atoms with Crippen LogP contribution in [0.25, 0.3) is 0 Å². The molecule has 1 aliphatic rings. The zero-order valence-electron chi connectivity index (χ0n) is 9.56. The summed E-state index contributed by atoms with van der Waals surface area (Å²) in [6.07, 6.45) is 5.02. The summed E-state index contributed by atoms with van der Waals surface area (Å²) in [4.78, 5) is 6.22. The zero-order valence-corrected chi connectivity index (χ0v) is 9.56. The molecule has 1 aromatic rings. The highest BCUT2D eigenvalue weighted by Gasteiger charge is 2.21. The van der Waals surface area contributed by atoms with Gasteiger partial charge in [-0.25, -0.2) is 4.39 Å². The molecule has 0 radical (unpaired) electrons. The van der Waals surface area contributed by atoms with Gasteiger partial charge in [0.15, 0.2) is 0 Å². The molecule has 1 aliphatic heterocycles. The van der Waals surface area contributed by atoms with Crippen molar-refractivity contribution in [3.8, 4) is 0 Å². The Morgan fingerprint density at radius 3 is 2.75 bits per heavy atom. The van der Waals surface area contributed by atoms with Crippen molar-refractivity contribution in [2.24, 2.45) is 5.73 Å². The van der Waals surface area contributed by atoms with Gasteiger partial charge in [0.2, 0.25) is 0 Å². The molecule has 2 N–H and O–H groups in total. The Hall–Kier alpha value is -1.00. The summed E-state index contributed by atoms with van der Waals surface area (Å²) >= 11 is 0. The van der Waals surface area contributed by atoms with E-state index in [0.29, 0.717) is 6.04 Å². The molecule has 0 spiro atoms. The topological polar surface area (TPSA) is 42.2 Å². The minimum atomic E-state index is -0.266. The van der Waals surface area contributed by atoms with Gasteiger partial charge in [-0.1, -0.05) is 0 Å². The molecule has 1 aromatic heterocycles. The standard InChI is InChI=1S/C12H18FN3/c1-9(10-6-11(13)8-15-7-10)16-4-2-12(14)3-5-16/h6-9,12H,2-5,14H2,1H3. The van der Waals surface area contributed by atoms with Crippen LogP contribution in [0.15, 0.2) is 18.5 Å². The number of nitrogens with two attached hydrogens (primary N) is 1. The van der Waals surface area contributed by atoms with Crippen molar-refractivity contribution >= 4 is 0 Å². The Morgan fingerprint density at radius 1 is 1.44 bits per heavy atom. The Morgan fingerprint density at radius 2 is 2.12 bits per heavy atom. The summed E-state index contributed by atoms with van der Waals surface area (Å²) in [6, 6.07) is 2.11. The Bertz CT molecular complexity index is 348. The smallest absolute Gasteiger partial charge is 0.141 e. The van der Waals surface area contributed by atoms with Crippen molar-refractivity contribution in [1.82, 2.24) is 9.88 Å². The Kier molecular flexibility index (Phi) is 3.51. The lowest BCUT2D eigenvalue weighted by Gasteiger charge is -2.34. The van der Waals surface area contributed by atoms with Crippen molar-refractivity contribution in [3.63, 3.8) is 0 Å². The molecule has 88 valence electrons. The third-order valence-corrected chi connectivity index (χ3v) is 3.33. The highest BCUT2D eigenvalue weighted by atomic mass is 19.1. The van der Waals surface area contributed by atoms with Gasteiger partial charge in [-0.2, -0.15) is 0 Å². The number of halogens is 1. The van der Waals surface area contributed by atoms with Crippen LogP contribution in [0, 0.1) is 5.82 Å². The first kappa shape index (κ1) is 11.5. The minimum absolute atomic E-state index is 0.218. The third-order valence-electron chi connectivity index (χ3n) is 3.33. The molecule has 0 aliphatic carbocycles. The van der Waals surface area contributed by atoms with E-state index in [9.17, 15) is 4.39 Å².